The van der Waals surface area contributed by atoms with Crippen molar-refractivity contribution < 1.29 is 14.8 Å². The van der Waals surface area contributed by atoms with Gasteiger partial charge in [0.15, 0.2) is 0 Å². The third kappa shape index (κ3) is 3.35. The highest BCUT2D eigenvalue weighted by Crippen LogP contribution is 2.30. The number of aromatic nitrogens is 1. The van der Waals surface area contributed by atoms with Crippen LogP contribution < -0.4 is 4.74 Å². The lowest BCUT2D eigenvalue weighted by Crippen LogP contribution is -1.99. The highest BCUT2D eigenvalue weighted by atomic mass is 16.6. The van der Waals surface area contributed by atoms with E-state index in [1.807, 2.05) is 6.92 Å². The molecule has 1 aromatic carbocycles. The van der Waals surface area contributed by atoms with Gasteiger partial charge in [0.05, 0.1) is 28.5 Å². The summed E-state index contributed by atoms with van der Waals surface area (Å²) in [6.45, 7) is 3.50. The maximum Gasteiger partial charge on any atom is 0.276 e. The number of ether oxygens (including phenoxy) is 1. The van der Waals surface area contributed by atoms with Crippen LogP contribution in [0.4, 0.5) is 5.69 Å². The van der Waals surface area contributed by atoms with Crippen LogP contribution in [0.2, 0.25) is 0 Å². The van der Waals surface area contributed by atoms with Crippen molar-refractivity contribution in [3.8, 4) is 11.5 Å². The van der Waals surface area contributed by atoms with E-state index in [0.717, 1.165) is 0 Å². The molecule has 0 aliphatic carbocycles. The number of pyridine rings is 1. The van der Waals surface area contributed by atoms with E-state index in [2.05, 4.69) is 4.98 Å². The van der Waals surface area contributed by atoms with Crippen molar-refractivity contribution >= 4 is 5.69 Å². The van der Waals surface area contributed by atoms with Gasteiger partial charge in [-0.3, -0.25) is 15.1 Å². The summed E-state index contributed by atoms with van der Waals surface area (Å²) >= 11 is 0. The molecule has 1 N–H and O–H groups in total. The van der Waals surface area contributed by atoms with Crippen LogP contribution in [0.3, 0.4) is 0 Å². The molecule has 1 aromatic heterocycles. The van der Waals surface area contributed by atoms with Crippen molar-refractivity contribution in [3.05, 3.63) is 57.9 Å². The van der Waals surface area contributed by atoms with E-state index in [1.54, 1.807) is 31.2 Å². The summed E-state index contributed by atoms with van der Waals surface area (Å²) in [5, 5.41) is 20.6. The average molecular weight is 288 g/mol. The quantitative estimate of drug-likeness (QED) is 0.672. The van der Waals surface area contributed by atoms with Crippen LogP contribution in [0.15, 0.2) is 36.5 Å². The summed E-state index contributed by atoms with van der Waals surface area (Å²) < 4.78 is 5.62. The molecular formula is C15H16N2O4. The highest BCUT2D eigenvalue weighted by molar-refractivity contribution is 5.49. The Morgan fingerprint density at radius 3 is 2.71 bits per heavy atom. The van der Waals surface area contributed by atoms with Crippen LogP contribution in [0.5, 0.6) is 11.5 Å². The molecule has 0 saturated carbocycles. The predicted molar refractivity (Wildman–Crippen MR) is 77.4 cm³/mol. The van der Waals surface area contributed by atoms with E-state index in [0.29, 0.717) is 29.2 Å². The third-order valence-electron chi connectivity index (χ3n) is 3.17. The summed E-state index contributed by atoms with van der Waals surface area (Å²) in [5.41, 5.74) is 1.04. The zero-order valence-corrected chi connectivity index (χ0v) is 11.8. The minimum Gasteiger partial charge on any atom is -0.455 e. The molecule has 21 heavy (non-hydrogen) atoms. The SMILES string of the molecule is CC[C@@H](O)c1ccc(Oc2cccc([N+](=O)[O-])c2C)cn1. The van der Waals surface area contributed by atoms with Crippen molar-refractivity contribution in [2.75, 3.05) is 0 Å². The van der Waals surface area contributed by atoms with Crippen LogP contribution in [-0.4, -0.2) is 15.0 Å². The van der Waals surface area contributed by atoms with E-state index in [9.17, 15) is 15.2 Å². The van der Waals surface area contributed by atoms with Gasteiger partial charge in [0.25, 0.3) is 5.69 Å². The van der Waals surface area contributed by atoms with Crippen molar-refractivity contribution in [1.29, 1.82) is 0 Å². The molecular weight excluding hydrogens is 272 g/mol. The Kier molecular flexibility index (Phi) is 4.49. The summed E-state index contributed by atoms with van der Waals surface area (Å²) in [6, 6.07) is 8.02. The molecule has 0 bridgehead atoms. The third-order valence-corrected chi connectivity index (χ3v) is 3.17. The van der Waals surface area contributed by atoms with Gasteiger partial charge in [0.2, 0.25) is 0 Å². The number of aliphatic hydroxyl groups is 1. The summed E-state index contributed by atoms with van der Waals surface area (Å²) in [5.74, 6) is 0.875. The van der Waals surface area contributed by atoms with E-state index in [-0.39, 0.29) is 5.69 Å². The van der Waals surface area contributed by atoms with Crippen LogP contribution in [0.25, 0.3) is 0 Å². The monoisotopic (exact) mass is 288 g/mol. The molecule has 6 nitrogen and oxygen atoms in total. The Hall–Kier alpha value is -2.47. The molecule has 0 radical (unpaired) electrons. The van der Waals surface area contributed by atoms with Gasteiger partial charge < -0.3 is 9.84 Å². The molecule has 1 heterocycles. The Bertz CT molecular complexity index is 641. The predicted octanol–water partition coefficient (Wildman–Crippen LogP) is 3.53. The molecule has 0 aliphatic heterocycles. The van der Waals surface area contributed by atoms with Crippen LogP contribution >= 0.6 is 0 Å². The standard InChI is InChI=1S/C15H16N2O4/c1-3-14(18)12-8-7-11(9-16-12)21-15-6-4-5-13(10(15)2)17(19)20/h4-9,14,18H,3H2,1-2H3/t14-/m1/s1. The lowest BCUT2D eigenvalue weighted by atomic mass is 10.2. The Morgan fingerprint density at radius 1 is 1.38 bits per heavy atom. The number of nitro groups is 1. The minimum atomic E-state index is -0.599. The van der Waals surface area contributed by atoms with E-state index in [4.69, 9.17) is 4.74 Å². The van der Waals surface area contributed by atoms with Crippen molar-refractivity contribution in [1.82, 2.24) is 4.98 Å². The molecule has 1 atom stereocenters. The summed E-state index contributed by atoms with van der Waals surface area (Å²) in [6.07, 6.45) is 1.47. The first-order valence-corrected chi connectivity index (χ1v) is 6.58. The number of benzene rings is 1. The zero-order chi connectivity index (χ0) is 15.4. The van der Waals surface area contributed by atoms with Crippen LogP contribution in [-0.2, 0) is 0 Å². The normalized spacial score (nSPS) is 12.0. The Balaban J connectivity index is 2.22. The van der Waals surface area contributed by atoms with E-state index >= 15 is 0 Å². The van der Waals surface area contributed by atoms with Gasteiger partial charge >= 0.3 is 0 Å². The van der Waals surface area contributed by atoms with Gasteiger partial charge in [0, 0.05) is 6.07 Å². The average Bonchev–Trinajstić information content (AvgIpc) is 2.49. The lowest BCUT2D eigenvalue weighted by Gasteiger charge is -2.10. The molecule has 6 heteroatoms. The van der Waals surface area contributed by atoms with Gasteiger partial charge in [-0.05, 0) is 31.5 Å². The number of hydrogen-bond acceptors (Lipinski definition) is 5. The number of rotatable bonds is 5. The van der Waals surface area contributed by atoms with Crippen molar-refractivity contribution in [2.24, 2.45) is 0 Å². The van der Waals surface area contributed by atoms with Crippen LogP contribution in [0.1, 0.15) is 30.7 Å². The second-order valence-corrected chi connectivity index (χ2v) is 4.60. The second kappa shape index (κ2) is 6.32. The lowest BCUT2D eigenvalue weighted by molar-refractivity contribution is -0.385. The largest absolute Gasteiger partial charge is 0.455 e. The van der Waals surface area contributed by atoms with E-state index in [1.165, 1.54) is 12.3 Å². The Morgan fingerprint density at radius 2 is 2.14 bits per heavy atom. The van der Waals surface area contributed by atoms with Gasteiger partial charge in [-0.25, -0.2) is 0 Å². The molecule has 0 unspecified atom stereocenters. The zero-order valence-electron chi connectivity index (χ0n) is 11.8. The number of aliphatic hydroxyl groups excluding tert-OH is 1. The topological polar surface area (TPSA) is 85.5 Å². The van der Waals surface area contributed by atoms with Gasteiger partial charge in [-0.2, -0.15) is 0 Å². The van der Waals surface area contributed by atoms with Gasteiger partial charge in [-0.1, -0.05) is 13.0 Å². The second-order valence-electron chi connectivity index (χ2n) is 4.60. The highest BCUT2D eigenvalue weighted by Gasteiger charge is 2.15. The summed E-state index contributed by atoms with van der Waals surface area (Å²) in [7, 11) is 0. The molecule has 2 aromatic rings. The number of hydrogen-bond donors (Lipinski definition) is 1. The van der Waals surface area contributed by atoms with Gasteiger partial charge in [-0.15, -0.1) is 0 Å². The maximum absolute atomic E-state index is 10.9. The first-order valence-electron chi connectivity index (χ1n) is 6.58. The van der Waals surface area contributed by atoms with Crippen LogP contribution in [0, 0.1) is 17.0 Å². The fourth-order valence-electron chi connectivity index (χ4n) is 1.90. The first kappa shape index (κ1) is 14.9. The molecule has 0 saturated heterocycles. The minimum absolute atomic E-state index is 0.0125. The maximum atomic E-state index is 10.9. The Labute approximate surface area is 122 Å². The smallest absolute Gasteiger partial charge is 0.276 e. The fourth-order valence-corrected chi connectivity index (χ4v) is 1.90. The molecule has 2 rings (SSSR count). The van der Waals surface area contributed by atoms with E-state index < -0.39 is 11.0 Å². The van der Waals surface area contributed by atoms with Gasteiger partial charge in [0.1, 0.15) is 11.5 Å². The number of nitrogens with zero attached hydrogens (tertiary/aromatic N) is 2. The number of nitro benzene ring substituents is 1. The summed E-state index contributed by atoms with van der Waals surface area (Å²) in [4.78, 5) is 14.6. The van der Waals surface area contributed by atoms with Crippen molar-refractivity contribution in [2.45, 2.75) is 26.4 Å². The first-order chi connectivity index (χ1) is 10.0. The molecule has 110 valence electrons. The van der Waals surface area contributed by atoms with Crippen molar-refractivity contribution in [3.63, 3.8) is 0 Å². The fraction of sp³-hybridized carbons (Fsp3) is 0.267. The molecule has 0 fully saturated rings. The molecule has 0 amide bonds. The molecule has 0 aliphatic rings. The molecule has 0 spiro atoms.